The summed E-state index contributed by atoms with van der Waals surface area (Å²) in [5, 5.41) is 3.99. The number of thiazole rings is 1. The van der Waals surface area contributed by atoms with Gasteiger partial charge in [-0.05, 0) is 37.5 Å². The minimum Gasteiger partial charge on any atom is -0.326 e. The lowest BCUT2D eigenvalue weighted by atomic mass is 10.1. The van der Waals surface area contributed by atoms with Gasteiger partial charge in [-0.15, -0.1) is 11.3 Å². The number of carbonyl (C=O) groups excluding carboxylic acids is 1. The van der Waals surface area contributed by atoms with Crippen LogP contribution in [-0.2, 0) is 4.79 Å². The van der Waals surface area contributed by atoms with E-state index in [1.54, 1.807) is 11.3 Å². The molecule has 4 rings (SSSR count). The Kier molecular flexibility index (Phi) is 3.90. The maximum absolute atomic E-state index is 11.9. The molecule has 24 heavy (non-hydrogen) atoms. The van der Waals surface area contributed by atoms with Gasteiger partial charge in [0.15, 0.2) is 0 Å². The van der Waals surface area contributed by atoms with E-state index >= 15 is 0 Å². The number of nitrogens with one attached hydrogen (secondary N) is 1. The smallest absolute Gasteiger partial charge is 0.227 e. The molecule has 0 unspecified atom stereocenters. The molecule has 0 aliphatic heterocycles. The molecule has 0 bridgehead atoms. The number of carbonyl (C=O) groups is 1. The highest BCUT2D eigenvalue weighted by Gasteiger charge is 2.29. The standard InChI is InChI=1S/C20H18N2OS/c1-13-18(14-6-3-2-4-7-14)24-20(21-13)16-8-5-9-17(12-16)22-19(23)15-10-11-15/h2-9,12,15H,10-11H2,1H3,(H,22,23). The maximum Gasteiger partial charge on any atom is 0.227 e. The first-order chi connectivity index (χ1) is 11.7. The summed E-state index contributed by atoms with van der Waals surface area (Å²) in [6.45, 7) is 2.04. The van der Waals surface area contributed by atoms with Crippen LogP contribution in [0.3, 0.4) is 0 Å². The lowest BCUT2D eigenvalue weighted by Crippen LogP contribution is -2.13. The summed E-state index contributed by atoms with van der Waals surface area (Å²) in [4.78, 5) is 17.9. The van der Waals surface area contributed by atoms with E-state index in [-0.39, 0.29) is 11.8 Å². The summed E-state index contributed by atoms with van der Waals surface area (Å²) < 4.78 is 0. The predicted octanol–water partition coefficient (Wildman–Crippen LogP) is 5.13. The molecule has 1 heterocycles. The maximum atomic E-state index is 11.9. The number of nitrogens with zero attached hydrogens (tertiary/aromatic N) is 1. The van der Waals surface area contributed by atoms with Crippen LogP contribution in [0, 0.1) is 12.8 Å². The van der Waals surface area contributed by atoms with Crippen LogP contribution < -0.4 is 5.32 Å². The van der Waals surface area contributed by atoms with Crippen molar-refractivity contribution in [2.24, 2.45) is 5.92 Å². The largest absolute Gasteiger partial charge is 0.326 e. The van der Waals surface area contributed by atoms with E-state index in [0.29, 0.717) is 0 Å². The minimum atomic E-state index is 0.132. The third-order valence-electron chi connectivity index (χ3n) is 4.16. The number of hydrogen-bond donors (Lipinski definition) is 1. The molecule has 1 amide bonds. The van der Waals surface area contributed by atoms with E-state index < -0.39 is 0 Å². The lowest BCUT2D eigenvalue weighted by molar-refractivity contribution is -0.117. The Morgan fingerprint density at radius 3 is 2.58 bits per heavy atom. The zero-order chi connectivity index (χ0) is 16.5. The monoisotopic (exact) mass is 334 g/mol. The molecule has 2 aromatic carbocycles. The summed E-state index contributed by atoms with van der Waals surface area (Å²) in [7, 11) is 0. The van der Waals surface area contributed by atoms with Crippen molar-refractivity contribution in [3.8, 4) is 21.0 Å². The molecule has 0 radical (unpaired) electrons. The summed E-state index contributed by atoms with van der Waals surface area (Å²) >= 11 is 1.69. The van der Waals surface area contributed by atoms with Crippen molar-refractivity contribution < 1.29 is 4.79 Å². The van der Waals surface area contributed by atoms with E-state index in [9.17, 15) is 4.79 Å². The van der Waals surface area contributed by atoms with Gasteiger partial charge in [0.05, 0.1) is 10.6 Å². The molecule has 3 aromatic rings. The quantitative estimate of drug-likeness (QED) is 0.718. The van der Waals surface area contributed by atoms with Gasteiger partial charge < -0.3 is 5.32 Å². The van der Waals surface area contributed by atoms with Crippen molar-refractivity contribution in [2.45, 2.75) is 19.8 Å². The SMILES string of the molecule is Cc1nc(-c2cccc(NC(=O)C3CC3)c2)sc1-c1ccccc1. The Morgan fingerprint density at radius 1 is 1.08 bits per heavy atom. The van der Waals surface area contributed by atoms with Crippen LogP contribution in [0.4, 0.5) is 5.69 Å². The Morgan fingerprint density at radius 2 is 1.83 bits per heavy atom. The number of rotatable bonds is 4. The Balaban J connectivity index is 1.63. The number of anilines is 1. The molecule has 0 atom stereocenters. The molecule has 3 nitrogen and oxygen atoms in total. The molecule has 0 saturated heterocycles. The molecule has 4 heteroatoms. The van der Waals surface area contributed by atoms with Crippen molar-refractivity contribution in [2.75, 3.05) is 5.32 Å². The van der Waals surface area contributed by atoms with Gasteiger partial charge in [-0.3, -0.25) is 4.79 Å². The average molecular weight is 334 g/mol. The van der Waals surface area contributed by atoms with Crippen molar-refractivity contribution in [1.29, 1.82) is 0 Å². The first-order valence-corrected chi connectivity index (χ1v) is 8.96. The number of amides is 1. The molecular weight excluding hydrogens is 316 g/mol. The van der Waals surface area contributed by atoms with Gasteiger partial charge in [0.25, 0.3) is 0 Å². The Hall–Kier alpha value is -2.46. The van der Waals surface area contributed by atoms with Crippen LogP contribution in [-0.4, -0.2) is 10.9 Å². The fourth-order valence-electron chi connectivity index (χ4n) is 2.70. The highest BCUT2D eigenvalue weighted by atomic mass is 32.1. The topological polar surface area (TPSA) is 42.0 Å². The zero-order valence-corrected chi connectivity index (χ0v) is 14.3. The second-order valence-electron chi connectivity index (χ2n) is 6.14. The predicted molar refractivity (Wildman–Crippen MR) is 99.1 cm³/mol. The number of benzene rings is 2. The highest BCUT2D eigenvalue weighted by Crippen LogP contribution is 2.36. The van der Waals surface area contributed by atoms with Gasteiger partial charge >= 0.3 is 0 Å². The van der Waals surface area contributed by atoms with Crippen molar-refractivity contribution in [3.63, 3.8) is 0 Å². The fraction of sp³-hybridized carbons (Fsp3) is 0.200. The van der Waals surface area contributed by atoms with E-state index in [4.69, 9.17) is 4.98 Å². The highest BCUT2D eigenvalue weighted by molar-refractivity contribution is 7.18. The fourth-order valence-corrected chi connectivity index (χ4v) is 3.77. The third kappa shape index (κ3) is 3.10. The van der Waals surface area contributed by atoms with Crippen LogP contribution in [0.1, 0.15) is 18.5 Å². The Labute approximate surface area is 145 Å². The van der Waals surface area contributed by atoms with Gasteiger partial charge in [0.1, 0.15) is 5.01 Å². The van der Waals surface area contributed by atoms with Gasteiger partial charge in [-0.25, -0.2) is 4.98 Å². The molecule has 1 saturated carbocycles. The number of aryl methyl sites for hydroxylation is 1. The molecule has 1 aromatic heterocycles. The van der Waals surface area contributed by atoms with Crippen LogP contribution in [0.5, 0.6) is 0 Å². The minimum absolute atomic E-state index is 0.132. The van der Waals surface area contributed by atoms with E-state index in [1.165, 1.54) is 10.4 Å². The second kappa shape index (κ2) is 6.21. The first-order valence-electron chi connectivity index (χ1n) is 8.15. The number of aromatic nitrogens is 1. The lowest BCUT2D eigenvalue weighted by Gasteiger charge is -2.05. The van der Waals surface area contributed by atoms with Crippen molar-refractivity contribution in [3.05, 3.63) is 60.3 Å². The molecule has 1 aliphatic rings. The molecule has 120 valence electrons. The van der Waals surface area contributed by atoms with Gasteiger partial charge in [0.2, 0.25) is 5.91 Å². The molecule has 1 aliphatic carbocycles. The number of hydrogen-bond acceptors (Lipinski definition) is 3. The molecule has 0 spiro atoms. The van der Waals surface area contributed by atoms with Crippen LogP contribution in [0.25, 0.3) is 21.0 Å². The van der Waals surface area contributed by atoms with E-state index in [0.717, 1.165) is 34.8 Å². The van der Waals surface area contributed by atoms with Crippen molar-refractivity contribution >= 4 is 22.9 Å². The summed E-state index contributed by atoms with van der Waals surface area (Å²) in [5.74, 6) is 0.341. The third-order valence-corrected chi connectivity index (χ3v) is 5.41. The van der Waals surface area contributed by atoms with Crippen molar-refractivity contribution in [1.82, 2.24) is 4.98 Å². The van der Waals surface area contributed by atoms with Crippen LogP contribution in [0.2, 0.25) is 0 Å². The van der Waals surface area contributed by atoms with Gasteiger partial charge in [-0.2, -0.15) is 0 Å². The summed E-state index contributed by atoms with van der Waals surface area (Å²) in [6, 6.07) is 18.3. The molecule has 1 N–H and O–H groups in total. The van der Waals surface area contributed by atoms with Crippen LogP contribution >= 0.6 is 11.3 Å². The average Bonchev–Trinajstić information content (AvgIpc) is 3.38. The van der Waals surface area contributed by atoms with Gasteiger partial charge in [0, 0.05) is 17.2 Å². The van der Waals surface area contributed by atoms with Crippen LogP contribution in [0.15, 0.2) is 54.6 Å². The first kappa shape index (κ1) is 15.1. The van der Waals surface area contributed by atoms with E-state index in [2.05, 4.69) is 17.4 Å². The summed E-state index contributed by atoms with van der Waals surface area (Å²) in [6.07, 6.45) is 2.02. The zero-order valence-electron chi connectivity index (χ0n) is 13.5. The Bertz CT molecular complexity index is 882. The van der Waals surface area contributed by atoms with Gasteiger partial charge in [-0.1, -0.05) is 42.5 Å². The van der Waals surface area contributed by atoms with E-state index in [1.807, 2.05) is 49.4 Å². The molecular formula is C20H18N2OS. The normalized spacial score (nSPS) is 13.7. The summed E-state index contributed by atoms with van der Waals surface area (Å²) in [5.41, 5.74) is 4.11. The second-order valence-corrected chi connectivity index (χ2v) is 7.14. The molecule has 1 fully saturated rings.